The number of halogens is 5. The Bertz CT molecular complexity index is 1090. The molecule has 10 heteroatoms. The van der Waals surface area contributed by atoms with Crippen molar-refractivity contribution in [2.45, 2.75) is 72.6 Å². The Morgan fingerprint density at radius 3 is 2.06 bits per heavy atom. The predicted molar refractivity (Wildman–Crippen MR) is 128 cm³/mol. The summed E-state index contributed by atoms with van der Waals surface area (Å²) in [4.78, 5) is 17.5. The first-order valence-corrected chi connectivity index (χ1v) is 11.5. The average molecular weight is 517 g/mol. The number of aryl methyl sites for hydroxylation is 1. The second kappa shape index (κ2) is 10.7. The van der Waals surface area contributed by atoms with Crippen LogP contribution in [0.25, 0.3) is 11.1 Å². The van der Waals surface area contributed by atoms with E-state index in [1.807, 2.05) is 4.90 Å². The minimum absolute atomic E-state index is 0.0669. The van der Waals surface area contributed by atoms with E-state index in [0.29, 0.717) is 36.1 Å². The van der Waals surface area contributed by atoms with Gasteiger partial charge in [0.15, 0.2) is 11.6 Å². The average Bonchev–Trinajstić information content (AvgIpc) is 2.69. The molecule has 0 spiro atoms. The standard InChI is InChI=1S/C22H23F5N2O2.C4H10O/c1-12-14(10-17(30)31)20(29-8-6-21(2,3)7-9-29)15(11-28-12)13-4-5-16(22(25,26)27)19(24)18(13)23;1-4(2,3)5/h4-5,11H,6-10H2,1-3H3,(H,30,31);5H,1-3H3. The summed E-state index contributed by atoms with van der Waals surface area (Å²) in [7, 11) is 0. The van der Waals surface area contributed by atoms with Gasteiger partial charge in [-0.1, -0.05) is 19.9 Å². The van der Waals surface area contributed by atoms with E-state index < -0.39 is 41.4 Å². The summed E-state index contributed by atoms with van der Waals surface area (Å²) >= 11 is 0. The van der Waals surface area contributed by atoms with Gasteiger partial charge in [-0.15, -0.1) is 0 Å². The topological polar surface area (TPSA) is 73.7 Å². The lowest BCUT2D eigenvalue weighted by molar-refractivity contribution is -0.140. The van der Waals surface area contributed by atoms with E-state index in [4.69, 9.17) is 5.11 Å². The summed E-state index contributed by atoms with van der Waals surface area (Å²) in [6, 6.07) is 1.36. The number of benzene rings is 1. The minimum Gasteiger partial charge on any atom is -0.481 e. The number of piperidine rings is 1. The Labute approximate surface area is 208 Å². The van der Waals surface area contributed by atoms with Gasteiger partial charge in [0.2, 0.25) is 0 Å². The number of carboxylic acids is 1. The van der Waals surface area contributed by atoms with Gasteiger partial charge in [-0.3, -0.25) is 9.78 Å². The maximum Gasteiger partial charge on any atom is 0.419 e. The molecule has 0 amide bonds. The number of anilines is 1. The summed E-state index contributed by atoms with van der Waals surface area (Å²) < 4.78 is 68.0. The normalized spacial score (nSPS) is 15.8. The van der Waals surface area contributed by atoms with Gasteiger partial charge in [0.05, 0.1) is 23.3 Å². The molecule has 0 aliphatic carbocycles. The summed E-state index contributed by atoms with van der Waals surface area (Å²) in [5, 5.41) is 17.9. The number of pyridine rings is 1. The maximum atomic E-state index is 14.8. The second-order valence-corrected chi connectivity index (χ2v) is 10.8. The SMILES string of the molecule is CC(C)(C)O.Cc1ncc(-c2ccc(C(F)(F)F)c(F)c2F)c(N2CCC(C)(C)CC2)c1CC(=O)O. The largest absolute Gasteiger partial charge is 0.481 e. The Balaban J connectivity index is 0.000000830. The molecule has 0 atom stereocenters. The van der Waals surface area contributed by atoms with Crippen molar-refractivity contribution in [1.29, 1.82) is 0 Å². The van der Waals surface area contributed by atoms with Gasteiger partial charge in [-0.25, -0.2) is 8.78 Å². The molecule has 1 fully saturated rings. The molecule has 1 aliphatic rings. The van der Waals surface area contributed by atoms with Gasteiger partial charge in [0, 0.05) is 41.7 Å². The molecule has 0 radical (unpaired) electrons. The van der Waals surface area contributed by atoms with E-state index in [1.165, 1.54) is 6.20 Å². The summed E-state index contributed by atoms with van der Waals surface area (Å²) in [5.41, 5.74) is -1.30. The lowest BCUT2D eigenvalue weighted by Gasteiger charge is -2.40. The van der Waals surface area contributed by atoms with E-state index in [2.05, 4.69) is 18.8 Å². The van der Waals surface area contributed by atoms with Gasteiger partial charge < -0.3 is 15.1 Å². The van der Waals surface area contributed by atoms with Crippen molar-refractivity contribution < 1.29 is 37.0 Å². The first kappa shape index (κ1) is 29.5. The number of rotatable bonds is 4. The first-order chi connectivity index (χ1) is 16.3. The third-order valence-corrected chi connectivity index (χ3v) is 5.80. The summed E-state index contributed by atoms with van der Waals surface area (Å²) in [6.07, 6.45) is -2.60. The zero-order chi connectivity index (χ0) is 27.6. The van der Waals surface area contributed by atoms with Crippen LogP contribution in [-0.2, 0) is 17.4 Å². The van der Waals surface area contributed by atoms with Crippen LogP contribution in [0.2, 0.25) is 0 Å². The minimum atomic E-state index is -5.04. The Kier molecular flexibility index (Phi) is 8.76. The number of hydrogen-bond donors (Lipinski definition) is 2. The van der Waals surface area contributed by atoms with E-state index in [-0.39, 0.29) is 16.5 Å². The number of nitrogens with zero attached hydrogens (tertiary/aromatic N) is 2. The number of aliphatic carboxylic acids is 1. The lowest BCUT2D eigenvalue weighted by Crippen LogP contribution is -2.38. The molecule has 0 bridgehead atoms. The fourth-order valence-electron chi connectivity index (χ4n) is 3.87. The van der Waals surface area contributed by atoms with E-state index in [1.54, 1.807) is 27.7 Å². The van der Waals surface area contributed by atoms with Gasteiger partial charge >= 0.3 is 12.1 Å². The first-order valence-electron chi connectivity index (χ1n) is 11.5. The van der Waals surface area contributed by atoms with Crippen LogP contribution in [-0.4, -0.2) is 39.9 Å². The smallest absolute Gasteiger partial charge is 0.419 e. The van der Waals surface area contributed by atoms with E-state index in [9.17, 15) is 31.9 Å². The highest BCUT2D eigenvalue weighted by Crippen LogP contribution is 2.42. The molecule has 2 aromatic rings. The van der Waals surface area contributed by atoms with Crippen molar-refractivity contribution in [2.24, 2.45) is 5.41 Å². The highest BCUT2D eigenvalue weighted by atomic mass is 19.4. The molecule has 2 heterocycles. The lowest BCUT2D eigenvalue weighted by atomic mass is 9.82. The Morgan fingerprint density at radius 1 is 1.06 bits per heavy atom. The highest BCUT2D eigenvalue weighted by Gasteiger charge is 2.37. The fraction of sp³-hybridized carbons (Fsp3) is 0.538. The third kappa shape index (κ3) is 7.62. The molecule has 0 unspecified atom stereocenters. The van der Waals surface area contributed by atoms with Crippen LogP contribution >= 0.6 is 0 Å². The molecule has 2 N–H and O–H groups in total. The van der Waals surface area contributed by atoms with Crippen molar-refractivity contribution in [3.8, 4) is 11.1 Å². The monoisotopic (exact) mass is 516 g/mol. The van der Waals surface area contributed by atoms with Crippen molar-refractivity contribution in [3.05, 3.63) is 46.8 Å². The molecule has 1 aliphatic heterocycles. The second-order valence-electron chi connectivity index (χ2n) is 10.8. The van der Waals surface area contributed by atoms with Crippen molar-refractivity contribution in [3.63, 3.8) is 0 Å². The van der Waals surface area contributed by atoms with Crippen LogP contribution in [0.1, 0.15) is 64.3 Å². The van der Waals surface area contributed by atoms with Crippen LogP contribution < -0.4 is 4.90 Å². The summed E-state index contributed by atoms with van der Waals surface area (Å²) in [6.45, 7) is 12.1. The van der Waals surface area contributed by atoms with Crippen LogP contribution in [0.4, 0.5) is 27.6 Å². The molecular formula is C26H33F5N2O3. The highest BCUT2D eigenvalue weighted by molar-refractivity contribution is 5.85. The zero-order valence-electron chi connectivity index (χ0n) is 21.4. The molecule has 3 rings (SSSR count). The molecule has 5 nitrogen and oxygen atoms in total. The van der Waals surface area contributed by atoms with Crippen LogP contribution in [0, 0.1) is 24.0 Å². The maximum absolute atomic E-state index is 14.8. The van der Waals surface area contributed by atoms with Crippen LogP contribution in [0.15, 0.2) is 18.3 Å². The Morgan fingerprint density at radius 2 is 1.58 bits per heavy atom. The number of carbonyl (C=O) groups is 1. The number of hydrogen-bond acceptors (Lipinski definition) is 4. The molecule has 1 saturated heterocycles. The van der Waals surface area contributed by atoms with Gasteiger partial charge in [0.25, 0.3) is 0 Å². The zero-order valence-corrected chi connectivity index (χ0v) is 21.4. The van der Waals surface area contributed by atoms with Crippen molar-refractivity contribution >= 4 is 11.7 Å². The quantitative estimate of drug-likeness (QED) is 0.461. The molecule has 200 valence electrons. The number of aromatic nitrogens is 1. The van der Waals surface area contributed by atoms with Gasteiger partial charge in [-0.05, 0) is 52.0 Å². The van der Waals surface area contributed by atoms with Crippen LogP contribution in [0.5, 0.6) is 0 Å². The van der Waals surface area contributed by atoms with E-state index >= 15 is 0 Å². The van der Waals surface area contributed by atoms with Crippen molar-refractivity contribution in [2.75, 3.05) is 18.0 Å². The summed E-state index contributed by atoms with van der Waals surface area (Å²) in [5.74, 6) is -4.75. The third-order valence-electron chi connectivity index (χ3n) is 5.80. The predicted octanol–water partition coefficient (Wildman–Crippen LogP) is 6.38. The molecule has 1 aromatic carbocycles. The van der Waals surface area contributed by atoms with Gasteiger partial charge in [-0.2, -0.15) is 13.2 Å². The molecule has 36 heavy (non-hydrogen) atoms. The molecule has 1 aromatic heterocycles. The Hall–Kier alpha value is -2.75. The molecule has 0 saturated carbocycles. The fourth-order valence-corrected chi connectivity index (χ4v) is 3.87. The number of carboxylic acid groups (broad SMARTS) is 1. The molecular weight excluding hydrogens is 483 g/mol. The number of alkyl halides is 3. The van der Waals surface area contributed by atoms with E-state index in [0.717, 1.165) is 18.9 Å². The van der Waals surface area contributed by atoms with Gasteiger partial charge in [0.1, 0.15) is 0 Å². The van der Waals surface area contributed by atoms with Crippen molar-refractivity contribution in [1.82, 2.24) is 4.98 Å². The number of aliphatic hydroxyl groups is 1. The van der Waals surface area contributed by atoms with Crippen LogP contribution in [0.3, 0.4) is 0 Å².